The highest BCUT2D eigenvalue weighted by atomic mass is 127. The van der Waals surface area contributed by atoms with Gasteiger partial charge < -0.3 is 15.5 Å². The first kappa shape index (κ1) is 20.9. The summed E-state index contributed by atoms with van der Waals surface area (Å²) in [4.78, 5) is 11.0. The third-order valence-electron chi connectivity index (χ3n) is 3.58. The van der Waals surface area contributed by atoms with Gasteiger partial charge in [0.1, 0.15) is 5.82 Å². The Morgan fingerprint density at radius 3 is 2.41 bits per heavy atom. The third-order valence-corrected chi connectivity index (χ3v) is 3.58. The molecule has 0 aliphatic carbocycles. The topological polar surface area (TPSA) is 52.6 Å². The second-order valence-corrected chi connectivity index (χ2v) is 5.08. The second-order valence-electron chi connectivity index (χ2n) is 5.08. The molecule has 0 radical (unpaired) electrons. The van der Waals surface area contributed by atoms with Crippen LogP contribution in [0.4, 0.5) is 5.82 Å². The molecule has 0 fully saturated rings. The number of nitrogens with one attached hydrogen (secondary N) is 2. The molecule has 0 spiro atoms. The Morgan fingerprint density at radius 2 is 1.95 bits per heavy atom. The molecule has 126 valence electrons. The lowest BCUT2D eigenvalue weighted by atomic mass is 10.2. The number of guanidine groups is 1. The molecule has 0 aliphatic rings. The predicted octanol–water partition coefficient (Wildman–Crippen LogP) is 3.01. The van der Waals surface area contributed by atoms with Gasteiger partial charge in [0.2, 0.25) is 0 Å². The molecule has 0 aromatic carbocycles. The lowest BCUT2D eigenvalue weighted by Gasteiger charge is -2.20. The van der Waals surface area contributed by atoms with Crippen molar-refractivity contribution in [3.63, 3.8) is 0 Å². The number of halogens is 1. The number of anilines is 1. The molecule has 2 N–H and O–H groups in total. The zero-order valence-corrected chi connectivity index (χ0v) is 16.7. The van der Waals surface area contributed by atoms with E-state index in [4.69, 9.17) is 0 Å². The first-order chi connectivity index (χ1) is 10.1. The number of pyridine rings is 1. The summed E-state index contributed by atoms with van der Waals surface area (Å²) in [5, 5.41) is 6.66. The Hall–Kier alpha value is -1.05. The van der Waals surface area contributed by atoms with Crippen LogP contribution in [0.2, 0.25) is 0 Å². The van der Waals surface area contributed by atoms with Gasteiger partial charge in [0.25, 0.3) is 0 Å². The molecular weight excluding hydrogens is 389 g/mol. The Balaban J connectivity index is 0.00000441. The largest absolute Gasteiger partial charge is 0.357 e. The monoisotopic (exact) mass is 419 g/mol. The SMILES string of the molecule is CCC(C)NC(=NC)NCc1ccc(N(CC)CC)nc1.I. The van der Waals surface area contributed by atoms with E-state index in [-0.39, 0.29) is 24.0 Å². The number of nitrogens with zero attached hydrogens (tertiary/aromatic N) is 3. The number of hydrogen-bond acceptors (Lipinski definition) is 3. The van der Waals surface area contributed by atoms with Gasteiger partial charge in [-0.05, 0) is 38.8 Å². The lowest BCUT2D eigenvalue weighted by Crippen LogP contribution is -2.41. The first-order valence-electron chi connectivity index (χ1n) is 7.81. The van der Waals surface area contributed by atoms with E-state index in [9.17, 15) is 0 Å². The molecule has 0 saturated carbocycles. The molecule has 0 amide bonds. The van der Waals surface area contributed by atoms with Gasteiger partial charge in [0, 0.05) is 38.9 Å². The van der Waals surface area contributed by atoms with E-state index in [2.05, 4.69) is 65.3 Å². The van der Waals surface area contributed by atoms with Crippen molar-refractivity contribution in [2.75, 3.05) is 25.0 Å². The summed E-state index contributed by atoms with van der Waals surface area (Å²) in [6.45, 7) is 11.3. The molecule has 1 aromatic rings. The molecule has 5 nitrogen and oxygen atoms in total. The van der Waals surface area contributed by atoms with E-state index in [1.807, 2.05) is 6.20 Å². The van der Waals surface area contributed by atoms with Gasteiger partial charge in [-0.15, -0.1) is 24.0 Å². The molecule has 1 rings (SSSR count). The summed E-state index contributed by atoms with van der Waals surface area (Å²) in [6, 6.07) is 4.61. The van der Waals surface area contributed by atoms with E-state index in [1.54, 1.807) is 7.05 Å². The van der Waals surface area contributed by atoms with Crippen LogP contribution in [0.15, 0.2) is 23.3 Å². The summed E-state index contributed by atoms with van der Waals surface area (Å²) < 4.78 is 0. The Labute approximate surface area is 152 Å². The number of aliphatic imine (C=N–C) groups is 1. The van der Waals surface area contributed by atoms with Crippen LogP contribution in [0.1, 0.15) is 39.7 Å². The molecule has 1 heterocycles. The van der Waals surface area contributed by atoms with Crippen LogP contribution in [-0.4, -0.2) is 37.1 Å². The summed E-state index contributed by atoms with van der Waals surface area (Å²) >= 11 is 0. The van der Waals surface area contributed by atoms with Gasteiger partial charge >= 0.3 is 0 Å². The maximum Gasteiger partial charge on any atom is 0.191 e. The molecule has 0 bridgehead atoms. The van der Waals surface area contributed by atoms with Gasteiger partial charge in [-0.3, -0.25) is 4.99 Å². The van der Waals surface area contributed by atoms with Crippen molar-refractivity contribution in [2.45, 2.75) is 46.7 Å². The van der Waals surface area contributed by atoms with E-state index in [0.717, 1.165) is 43.4 Å². The highest BCUT2D eigenvalue weighted by Gasteiger charge is 2.05. The molecule has 1 aromatic heterocycles. The highest BCUT2D eigenvalue weighted by molar-refractivity contribution is 14.0. The van der Waals surface area contributed by atoms with Crippen LogP contribution in [0.3, 0.4) is 0 Å². The Morgan fingerprint density at radius 1 is 1.27 bits per heavy atom. The zero-order valence-electron chi connectivity index (χ0n) is 14.4. The molecule has 1 atom stereocenters. The standard InChI is InChI=1S/C16H29N5.HI/c1-6-13(4)20-16(17-5)19-12-14-9-10-15(18-11-14)21(7-2)8-3;/h9-11,13H,6-8,12H2,1-5H3,(H2,17,19,20);1H. The molecule has 0 aliphatic heterocycles. The smallest absolute Gasteiger partial charge is 0.191 e. The van der Waals surface area contributed by atoms with Crippen molar-refractivity contribution in [3.05, 3.63) is 23.9 Å². The lowest BCUT2D eigenvalue weighted by molar-refractivity contribution is 0.624. The van der Waals surface area contributed by atoms with Crippen molar-refractivity contribution in [2.24, 2.45) is 4.99 Å². The van der Waals surface area contributed by atoms with Crippen LogP contribution < -0.4 is 15.5 Å². The Kier molecular flexibility index (Phi) is 11.0. The van der Waals surface area contributed by atoms with Crippen LogP contribution >= 0.6 is 24.0 Å². The molecule has 6 heteroatoms. The van der Waals surface area contributed by atoms with Crippen molar-refractivity contribution in [3.8, 4) is 0 Å². The average molecular weight is 419 g/mol. The number of rotatable bonds is 7. The minimum atomic E-state index is 0. The summed E-state index contributed by atoms with van der Waals surface area (Å²) in [5.41, 5.74) is 1.15. The molecule has 1 unspecified atom stereocenters. The van der Waals surface area contributed by atoms with Crippen LogP contribution in [-0.2, 0) is 6.54 Å². The number of hydrogen-bond donors (Lipinski definition) is 2. The fraction of sp³-hybridized carbons (Fsp3) is 0.625. The Bertz CT molecular complexity index is 429. The van der Waals surface area contributed by atoms with Gasteiger partial charge in [-0.2, -0.15) is 0 Å². The minimum Gasteiger partial charge on any atom is -0.357 e. The first-order valence-corrected chi connectivity index (χ1v) is 7.81. The van der Waals surface area contributed by atoms with Gasteiger partial charge in [0.05, 0.1) is 0 Å². The molecular formula is C16H30IN5. The number of aromatic nitrogens is 1. The van der Waals surface area contributed by atoms with Crippen molar-refractivity contribution in [1.82, 2.24) is 15.6 Å². The minimum absolute atomic E-state index is 0. The van der Waals surface area contributed by atoms with Gasteiger partial charge in [-0.1, -0.05) is 13.0 Å². The fourth-order valence-electron chi connectivity index (χ4n) is 1.97. The van der Waals surface area contributed by atoms with Crippen molar-refractivity contribution < 1.29 is 0 Å². The summed E-state index contributed by atoms with van der Waals surface area (Å²) in [7, 11) is 1.79. The third kappa shape index (κ3) is 6.81. The van der Waals surface area contributed by atoms with E-state index in [1.165, 1.54) is 0 Å². The van der Waals surface area contributed by atoms with Crippen LogP contribution in [0, 0.1) is 0 Å². The highest BCUT2D eigenvalue weighted by Crippen LogP contribution is 2.10. The van der Waals surface area contributed by atoms with E-state index < -0.39 is 0 Å². The van der Waals surface area contributed by atoms with E-state index >= 15 is 0 Å². The fourth-order valence-corrected chi connectivity index (χ4v) is 1.97. The maximum absolute atomic E-state index is 4.53. The normalized spacial score (nSPS) is 12.3. The van der Waals surface area contributed by atoms with Gasteiger partial charge in [0.15, 0.2) is 5.96 Å². The molecule has 22 heavy (non-hydrogen) atoms. The van der Waals surface area contributed by atoms with Crippen LogP contribution in [0.5, 0.6) is 0 Å². The maximum atomic E-state index is 4.53. The summed E-state index contributed by atoms with van der Waals surface area (Å²) in [6.07, 6.45) is 3.00. The van der Waals surface area contributed by atoms with Crippen LogP contribution in [0.25, 0.3) is 0 Å². The van der Waals surface area contributed by atoms with E-state index in [0.29, 0.717) is 6.04 Å². The molecule has 0 saturated heterocycles. The van der Waals surface area contributed by atoms with Crippen molar-refractivity contribution in [1.29, 1.82) is 0 Å². The zero-order chi connectivity index (χ0) is 15.7. The summed E-state index contributed by atoms with van der Waals surface area (Å²) in [5.74, 6) is 1.86. The van der Waals surface area contributed by atoms with Gasteiger partial charge in [-0.25, -0.2) is 4.98 Å². The predicted molar refractivity (Wildman–Crippen MR) is 106 cm³/mol. The average Bonchev–Trinajstić information content (AvgIpc) is 2.53. The van der Waals surface area contributed by atoms with Crippen molar-refractivity contribution >= 4 is 35.8 Å². The quantitative estimate of drug-likeness (QED) is 0.405. The second kappa shape index (κ2) is 11.5.